The average Bonchev–Trinajstić information content (AvgIpc) is 2.67. The molecule has 1 N–H and O–H groups in total. The maximum atomic E-state index is 13.1. The highest BCUT2D eigenvalue weighted by atomic mass is 19.1. The van der Waals surface area contributed by atoms with Gasteiger partial charge in [-0.1, -0.05) is 42.5 Å². The maximum Gasteiger partial charge on any atom is 0.123 e. The first-order valence-corrected chi connectivity index (χ1v) is 8.38. The van der Waals surface area contributed by atoms with Crippen molar-refractivity contribution in [2.24, 2.45) is 0 Å². The lowest BCUT2D eigenvalue weighted by Crippen LogP contribution is -2.18. The molecule has 0 aliphatic carbocycles. The molecule has 1 unspecified atom stereocenters. The molecule has 128 valence electrons. The lowest BCUT2D eigenvalue weighted by atomic mass is 10.0. The van der Waals surface area contributed by atoms with E-state index in [1.54, 1.807) is 19.2 Å². The summed E-state index contributed by atoms with van der Waals surface area (Å²) in [7, 11) is 1.68. The van der Waals surface area contributed by atoms with Crippen LogP contribution in [0.1, 0.15) is 24.1 Å². The van der Waals surface area contributed by atoms with Gasteiger partial charge in [0, 0.05) is 12.6 Å². The summed E-state index contributed by atoms with van der Waals surface area (Å²) in [6, 6.07) is 23.2. The Hall–Kier alpha value is -2.65. The average molecular weight is 335 g/mol. The number of methoxy groups -OCH3 is 1. The van der Waals surface area contributed by atoms with Crippen molar-refractivity contribution in [2.45, 2.75) is 19.5 Å². The summed E-state index contributed by atoms with van der Waals surface area (Å²) in [5.41, 5.74) is 4.49. The van der Waals surface area contributed by atoms with E-state index in [-0.39, 0.29) is 11.9 Å². The van der Waals surface area contributed by atoms with Crippen LogP contribution in [0, 0.1) is 5.82 Å². The van der Waals surface area contributed by atoms with Crippen LogP contribution in [0.15, 0.2) is 72.8 Å². The highest BCUT2D eigenvalue weighted by Gasteiger charge is 2.07. The predicted octanol–water partition coefficient (Wildman–Crippen LogP) is 5.35. The van der Waals surface area contributed by atoms with Gasteiger partial charge in [0.2, 0.25) is 0 Å². The van der Waals surface area contributed by atoms with Gasteiger partial charge in [-0.05, 0) is 59.5 Å². The van der Waals surface area contributed by atoms with Crippen molar-refractivity contribution in [2.75, 3.05) is 7.11 Å². The van der Waals surface area contributed by atoms with Gasteiger partial charge in [-0.15, -0.1) is 0 Å². The molecule has 3 aromatic rings. The van der Waals surface area contributed by atoms with Crippen molar-refractivity contribution in [1.82, 2.24) is 5.32 Å². The van der Waals surface area contributed by atoms with Gasteiger partial charge < -0.3 is 10.1 Å². The van der Waals surface area contributed by atoms with E-state index in [9.17, 15) is 4.39 Å². The Morgan fingerprint density at radius 1 is 0.920 bits per heavy atom. The summed E-state index contributed by atoms with van der Waals surface area (Å²) >= 11 is 0. The molecule has 0 saturated heterocycles. The number of ether oxygens (including phenoxy) is 1. The SMILES string of the molecule is COc1cccc(C(C)NCc2cccc(-c3ccc(F)cc3)c2)c1. The van der Waals surface area contributed by atoms with Crippen LogP contribution in [-0.2, 0) is 6.54 Å². The number of rotatable bonds is 6. The fourth-order valence-electron chi connectivity index (χ4n) is 2.80. The van der Waals surface area contributed by atoms with Crippen LogP contribution in [0.5, 0.6) is 5.75 Å². The summed E-state index contributed by atoms with van der Waals surface area (Å²) in [6.07, 6.45) is 0. The van der Waals surface area contributed by atoms with E-state index in [0.29, 0.717) is 0 Å². The largest absolute Gasteiger partial charge is 0.497 e. The minimum absolute atomic E-state index is 0.213. The molecule has 0 aliphatic heterocycles. The van der Waals surface area contributed by atoms with E-state index in [1.807, 2.05) is 30.3 Å². The highest BCUT2D eigenvalue weighted by Crippen LogP contribution is 2.22. The Balaban J connectivity index is 1.68. The molecule has 0 aliphatic rings. The van der Waals surface area contributed by atoms with Gasteiger partial charge in [0.05, 0.1) is 7.11 Å². The van der Waals surface area contributed by atoms with Gasteiger partial charge in [-0.25, -0.2) is 4.39 Å². The minimum Gasteiger partial charge on any atom is -0.497 e. The zero-order valence-corrected chi connectivity index (χ0v) is 14.5. The molecule has 0 heterocycles. The van der Waals surface area contributed by atoms with Crippen molar-refractivity contribution in [3.05, 3.63) is 89.7 Å². The number of halogens is 1. The van der Waals surface area contributed by atoms with Crippen LogP contribution >= 0.6 is 0 Å². The fraction of sp³-hybridized carbons (Fsp3) is 0.182. The molecule has 3 rings (SSSR count). The first-order valence-electron chi connectivity index (χ1n) is 8.38. The lowest BCUT2D eigenvalue weighted by molar-refractivity contribution is 0.413. The van der Waals surface area contributed by atoms with Crippen LogP contribution in [-0.4, -0.2) is 7.11 Å². The monoisotopic (exact) mass is 335 g/mol. The molecular formula is C22H22FNO. The van der Waals surface area contributed by atoms with E-state index in [2.05, 4.69) is 30.4 Å². The third-order valence-electron chi connectivity index (χ3n) is 4.31. The van der Waals surface area contributed by atoms with Crippen molar-refractivity contribution < 1.29 is 9.13 Å². The molecule has 0 spiro atoms. The van der Waals surface area contributed by atoms with Gasteiger partial charge >= 0.3 is 0 Å². The van der Waals surface area contributed by atoms with Gasteiger partial charge in [0.15, 0.2) is 0 Å². The molecule has 0 amide bonds. The molecule has 0 aromatic heterocycles. The zero-order chi connectivity index (χ0) is 17.6. The molecule has 3 aromatic carbocycles. The summed E-state index contributed by atoms with van der Waals surface area (Å²) in [5.74, 6) is 0.651. The smallest absolute Gasteiger partial charge is 0.123 e. The van der Waals surface area contributed by atoms with Crippen LogP contribution in [0.4, 0.5) is 4.39 Å². The van der Waals surface area contributed by atoms with Crippen molar-refractivity contribution in [3.63, 3.8) is 0 Å². The quantitative estimate of drug-likeness (QED) is 0.655. The first-order chi connectivity index (χ1) is 12.2. The fourth-order valence-corrected chi connectivity index (χ4v) is 2.80. The summed E-state index contributed by atoms with van der Waals surface area (Å²) in [6.45, 7) is 2.89. The molecule has 2 nitrogen and oxygen atoms in total. The van der Waals surface area contributed by atoms with Crippen LogP contribution in [0.2, 0.25) is 0 Å². The molecule has 0 fully saturated rings. The van der Waals surface area contributed by atoms with E-state index in [1.165, 1.54) is 23.3 Å². The van der Waals surface area contributed by atoms with Crippen LogP contribution < -0.4 is 10.1 Å². The van der Waals surface area contributed by atoms with Crippen molar-refractivity contribution >= 4 is 0 Å². The van der Waals surface area contributed by atoms with Gasteiger partial charge in [-0.3, -0.25) is 0 Å². The Morgan fingerprint density at radius 2 is 1.68 bits per heavy atom. The highest BCUT2D eigenvalue weighted by molar-refractivity contribution is 5.64. The Kier molecular flexibility index (Phi) is 5.46. The lowest BCUT2D eigenvalue weighted by Gasteiger charge is -2.15. The second-order valence-electron chi connectivity index (χ2n) is 6.09. The topological polar surface area (TPSA) is 21.3 Å². The normalized spacial score (nSPS) is 12.0. The summed E-state index contributed by atoms with van der Waals surface area (Å²) in [5, 5.41) is 3.54. The number of hydrogen-bond acceptors (Lipinski definition) is 2. The third kappa shape index (κ3) is 4.46. The van der Waals surface area contributed by atoms with Gasteiger partial charge in [0.25, 0.3) is 0 Å². The van der Waals surface area contributed by atoms with Crippen LogP contribution in [0.25, 0.3) is 11.1 Å². The van der Waals surface area contributed by atoms with E-state index < -0.39 is 0 Å². The molecule has 0 bridgehead atoms. The molecule has 3 heteroatoms. The summed E-state index contributed by atoms with van der Waals surface area (Å²) < 4.78 is 18.4. The van der Waals surface area contributed by atoms with E-state index >= 15 is 0 Å². The van der Waals surface area contributed by atoms with Gasteiger partial charge in [-0.2, -0.15) is 0 Å². The zero-order valence-electron chi connectivity index (χ0n) is 14.5. The third-order valence-corrected chi connectivity index (χ3v) is 4.31. The number of benzene rings is 3. The van der Waals surface area contributed by atoms with Crippen molar-refractivity contribution in [1.29, 1.82) is 0 Å². The van der Waals surface area contributed by atoms with Crippen molar-refractivity contribution in [3.8, 4) is 16.9 Å². The summed E-state index contributed by atoms with van der Waals surface area (Å²) in [4.78, 5) is 0. The standard InChI is InChI=1S/C22H22FNO/c1-16(19-6-4-8-22(14-19)25-2)24-15-17-5-3-7-20(13-17)18-9-11-21(23)12-10-18/h3-14,16,24H,15H2,1-2H3. The molecule has 0 radical (unpaired) electrons. The molecule has 0 saturated carbocycles. The Morgan fingerprint density at radius 3 is 2.44 bits per heavy atom. The van der Waals surface area contributed by atoms with Gasteiger partial charge in [0.1, 0.15) is 11.6 Å². The maximum absolute atomic E-state index is 13.1. The second-order valence-corrected chi connectivity index (χ2v) is 6.09. The van der Waals surface area contributed by atoms with Crippen LogP contribution in [0.3, 0.4) is 0 Å². The Bertz CT molecular complexity index is 829. The molecule has 1 atom stereocenters. The number of hydrogen-bond donors (Lipinski definition) is 1. The first kappa shape index (κ1) is 17.2. The predicted molar refractivity (Wildman–Crippen MR) is 100 cm³/mol. The minimum atomic E-state index is -0.214. The van der Waals surface area contributed by atoms with E-state index in [4.69, 9.17) is 4.74 Å². The second kappa shape index (κ2) is 7.95. The van der Waals surface area contributed by atoms with E-state index in [0.717, 1.165) is 23.4 Å². The molecular weight excluding hydrogens is 313 g/mol. The molecule has 25 heavy (non-hydrogen) atoms. The Labute approximate surface area is 148 Å². The number of nitrogens with one attached hydrogen (secondary N) is 1.